The highest BCUT2D eigenvalue weighted by Crippen LogP contribution is 2.14. The average Bonchev–Trinajstić information content (AvgIpc) is 2.45. The highest BCUT2D eigenvalue weighted by atomic mass is 16.5. The van der Waals surface area contributed by atoms with Gasteiger partial charge in [-0.15, -0.1) is 0 Å². The first-order valence-electron chi connectivity index (χ1n) is 6.27. The van der Waals surface area contributed by atoms with Gasteiger partial charge in [0.25, 0.3) is 0 Å². The van der Waals surface area contributed by atoms with Crippen molar-refractivity contribution in [3.05, 3.63) is 53.7 Å². The zero-order valence-corrected chi connectivity index (χ0v) is 11.0. The van der Waals surface area contributed by atoms with Gasteiger partial charge in [0.1, 0.15) is 6.61 Å². The molecule has 0 atom stereocenters. The molecule has 0 unspecified atom stereocenters. The van der Waals surface area contributed by atoms with Gasteiger partial charge >= 0.3 is 0 Å². The molecule has 0 spiro atoms. The molecular weight excluding hydrogens is 240 g/mol. The summed E-state index contributed by atoms with van der Waals surface area (Å²) in [7, 11) is 0. The second-order valence-electron chi connectivity index (χ2n) is 4.24. The molecule has 0 aliphatic heterocycles. The highest BCUT2D eigenvalue weighted by Gasteiger charge is 1.99. The number of aliphatic hydroxyl groups excluding tert-OH is 1. The van der Waals surface area contributed by atoms with Crippen LogP contribution in [0.1, 0.15) is 11.1 Å². The Bertz CT molecular complexity index is 512. The van der Waals surface area contributed by atoms with Crippen molar-refractivity contribution in [1.29, 1.82) is 0 Å². The zero-order valence-electron chi connectivity index (χ0n) is 11.0. The SMILES string of the molecule is Cc1ccccc1CNc1ccc(OCCO)nc1. The van der Waals surface area contributed by atoms with Crippen LogP contribution >= 0.6 is 0 Å². The number of aromatic nitrogens is 1. The Hall–Kier alpha value is -2.07. The van der Waals surface area contributed by atoms with Crippen molar-refractivity contribution >= 4 is 5.69 Å². The fourth-order valence-electron chi connectivity index (χ4n) is 1.73. The van der Waals surface area contributed by atoms with E-state index in [2.05, 4.69) is 29.4 Å². The van der Waals surface area contributed by atoms with Crippen LogP contribution in [0.25, 0.3) is 0 Å². The van der Waals surface area contributed by atoms with Gasteiger partial charge in [0.05, 0.1) is 18.5 Å². The predicted octanol–water partition coefficient (Wildman–Crippen LogP) is 2.37. The summed E-state index contributed by atoms with van der Waals surface area (Å²) in [5.74, 6) is 0.524. The minimum absolute atomic E-state index is 0.00499. The van der Waals surface area contributed by atoms with Crippen LogP contribution < -0.4 is 10.1 Å². The van der Waals surface area contributed by atoms with E-state index >= 15 is 0 Å². The van der Waals surface area contributed by atoms with E-state index in [1.807, 2.05) is 18.2 Å². The van der Waals surface area contributed by atoms with E-state index in [0.29, 0.717) is 5.88 Å². The van der Waals surface area contributed by atoms with Gasteiger partial charge in [-0.1, -0.05) is 24.3 Å². The number of benzene rings is 1. The van der Waals surface area contributed by atoms with E-state index in [0.717, 1.165) is 12.2 Å². The van der Waals surface area contributed by atoms with Crippen molar-refractivity contribution in [2.24, 2.45) is 0 Å². The summed E-state index contributed by atoms with van der Waals surface area (Å²) >= 11 is 0. The van der Waals surface area contributed by atoms with Gasteiger partial charge in [-0.25, -0.2) is 4.98 Å². The lowest BCUT2D eigenvalue weighted by atomic mass is 10.1. The Morgan fingerprint density at radius 2 is 2.05 bits per heavy atom. The molecule has 0 amide bonds. The Morgan fingerprint density at radius 3 is 2.74 bits per heavy atom. The molecule has 19 heavy (non-hydrogen) atoms. The Morgan fingerprint density at radius 1 is 1.21 bits per heavy atom. The zero-order chi connectivity index (χ0) is 13.5. The van der Waals surface area contributed by atoms with Crippen LogP contribution in [0.5, 0.6) is 5.88 Å². The van der Waals surface area contributed by atoms with Gasteiger partial charge in [-0.05, 0) is 24.1 Å². The molecule has 0 aliphatic rings. The van der Waals surface area contributed by atoms with Crippen LogP contribution in [-0.2, 0) is 6.54 Å². The van der Waals surface area contributed by atoms with Gasteiger partial charge in [-0.3, -0.25) is 0 Å². The van der Waals surface area contributed by atoms with Crippen LogP contribution in [0.4, 0.5) is 5.69 Å². The smallest absolute Gasteiger partial charge is 0.213 e. The van der Waals surface area contributed by atoms with E-state index in [1.54, 1.807) is 12.3 Å². The first-order valence-corrected chi connectivity index (χ1v) is 6.27. The maximum Gasteiger partial charge on any atom is 0.213 e. The fourth-order valence-corrected chi connectivity index (χ4v) is 1.73. The normalized spacial score (nSPS) is 10.2. The molecule has 2 rings (SSSR count). The summed E-state index contributed by atoms with van der Waals surface area (Å²) in [4.78, 5) is 4.16. The minimum Gasteiger partial charge on any atom is -0.475 e. The molecular formula is C15H18N2O2. The van der Waals surface area contributed by atoms with Crippen molar-refractivity contribution in [3.63, 3.8) is 0 Å². The van der Waals surface area contributed by atoms with Gasteiger partial charge in [0, 0.05) is 12.6 Å². The highest BCUT2D eigenvalue weighted by molar-refractivity contribution is 5.43. The monoisotopic (exact) mass is 258 g/mol. The van der Waals surface area contributed by atoms with Crippen LogP contribution in [0.2, 0.25) is 0 Å². The Kier molecular flexibility index (Phi) is 4.75. The molecule has 2 N–H and O–H groups in total. The summed E-state index contributed by atoms with van der Waals surface area (Å²) in [5.41, 5.74) is 3.48. The Balaban J connectivity index is 1.91. The molecule has 0 bridgehead atoms. The Labute approximate surface area is 113 Å². The standard InChI is InChI=1S/C15H18N2O2/c1-12-4-2-3-5-13(12)10-16-14-6-7-15(17-11-14)19-9-8-18/h2-7,11,16,18H,8-10H2,1H3. The molecule has 1 aromatic carbocycles. The number of anilines is 1. The number of nitrogens with one attached hydrogen (secondary N) is 1. The maximum absolute atomic E-state index is 8.65. The molecule has 0 radical (unpaired) electrons. The molecule has 100 valence electrons. The molecule has 2 aromatic rings. The van der Waals surface area contributed by atoms with E-state index in [1.165, 1.54) is 11.1 Å². The lowest BCUT2D eigenvalue weighted by Gasteiger charge is -2.09. The van der Waals surface area contributed by atoms with Crippen molar-refractivity contribution in [1.82, 2.24) is 4.98 Å². The van der Waals surface area contributed by atoms with E-state index < -0.39 is 0 Å². The molecule has 1 heterocycles. The molecule has 0 aliphatic carbocycles. The minimum atomic E-state index is -0.00499. The number of nitrogens with zero attached hydrogens (tertiary/aromatic N) is 1. The summed E-state index contributed by atoms with van der Waals surface area (Å²) in [6.45, 7) is 3.13. The third-order valence-electron chi connectivity index (χ3n) is 2.82. The van der Waals surface area contributed by atoms with Gasteiger partial charge in [0.2, 0.25) is 5.88 Å². The van der Waals surface area contributed by atoms with E-state index in [9.17, 15) is 0 Å². The molecule has 4 heteroatoms. The van der Waals surface area contributed by atoms with Crippen molar-refractivity contribution in [3.8, 4) is 5.88 Å². The number of hydrogen-bond acceptors (Lipinski definition) is 4. The lowest BCUT2D eigenvalue weighted by Crippen LogP contribution is -2.04. The largest absolute Gasteiger partial charge is 0.475 e. The third-order valence-corrected chi connectivity index (χ3v) is 2.82. The topological polar surface area (TPSA) is 54.4 Å². The van der Waals surface area contributed by atoms with Gasteiger partial charge in [-0.2, -0.15) is 0 Å². The van der Waals surface area contributed by atoms with E-state index in [-0.39, 0.29) is 13.2 Å². The van der Waals surface area contributed by atoms with E-state index in [4.69, 9.17) is 9.84 Å². The predicted molar refractivity (Wildman–Crippen MR) is 75.3 cm³/mol. The first-order chi connectivity index (χ1) is 9.29. The van der Waals surface area contributed by atoms with Crippen LogP contribution in [0.15, 0.2) is 42.6 Å². The first kappa shape index (κ1) is 13.4. The number of aryl methyl sites for hydroxylation is 1. The second kappa shape index (κ2) is 6.75. The molecule has 0 saturated heterocycles. The van der Waals surface area contributed by atoms with Crippen molar-refractivity contribution < 1.29 is 9.84 Å². The second-order valence-corrected chi connectivity index (χ2v) is 4.24. The van der Waals surface area contributed by atoms with Gasteiger partial charge < -0.3 is 15.2 Å². The molecule has 1 aromatic heterocycles. The van der Waals surface area contributed by atoms with Crippen molar-refractivity contribution in [2.75, 3.05) is 18.5 Å². The fraction of sp³-hybridized carbons (Fsp3) is 0.267. The van der Waals surface area contributed by atoms with Crippen LogP contribution in [0, 0.1) is 6.92 Å². The van der Waals surface area contributed by atoms with Crippen molar-refractivity contribution in [2.45, 2.75) is 13.5 Å². The third kappa shape index (κ3) is 3.96. The van der Waals surface area contributed by atoms with Crippen LogP contribution in [-0.4, -0.2) is 23.3 Å². The molecule has 4 nitrogen and oxygen atoms in total. The quantitative estimate of drug-likeness (QED) is 0.835. The molecule has 0 fully saturated rings. The average molecular weight is 258 g/mol. The number of pyridine rings is 1. The summed E-state index contributed by atoms with van der Waals surface area (Å²) in [6, 6.07) is 12.0. The maximum atomic E-state index is 8.65. The summed E-state index contributed by atoms with van der Waals surface area (Å²) in [5, 5.41) is 12.0. The van der Waals surface area contributed by atoms with Crippen LogP contribution in [0.3, 0.4) is 0 Å². The summed E-state index contributed by atoms with van der Waals surface area (Å²) < 4.78 is 5.20. The van der Waals surface area contributed by atoms with Gasteiger partial charge in [0.15, 0.2) is 0 Å². The number of ether oxygens (including phenoxy) is 1. The number of aliphatic hydroxyl groups is 1. The lowest BCUT2D eigenvalue weighted by molar-refractivity contribution is 0.196. The number of hydrogen-bond donors (Lipinski definition) is 2. The molecule has 0 saturated carbocycles. The number of rotatable bonds is 6. The summed E-state index contributed by atoms with van der Waals surface area (Å²) in [6.07, 6.45) is 1.73.